The lowest BCUT2D eigenvalue weighted by molar-refractivity contribution is 0.0988. The van der Waals surface area contributed by atoms with Crippen LogP contribution in [-0.2, 0) is 7.05 Å². The second kappa shape index (κ2) is 8.26. The summed E-state index contributed by atoms with van der Waals surface area (Å²) in [4.78, 5) is 25.3. The molecular formula is C20H20N4O4. The van der Waals surface area contributed by atoms with E-state index in [9.17, 15) is 9.59 Å². The predicted octanol–water partition coefficient (Wildman–Crippen LogP) is 2.94. The number of nitrogens with one attached hydrogen (secondary N) is 2. The van der Waals surface area contributed by atoms with Crippen molar-refractivity contribution in [2.24, 2.45) is 7.05 Å². The Morgan fingerprint density at radius 1 is 0.821 bits per heavy atom. The molecule has 2 N–H and O–H groups in total. The molecule has 28 heavy (non-hydrogen) atoms. The maximum atomic E-state index is 12.7. The number of nitrogens with zero attached hydrogens (tertiary/aromatic N) is 2. The van der Waals surface area contributed by atoms with Crippen molar-refractivity contribution in [1.82, 2.24) is 9.78 Å². The van der Waals surface area contributed by atoms with Crippen molar-refractivity contribution in [3.8, 4) is 11.5 Å². The maximum Gasteiger partial charge on any atom is 0.276 e. The van der Waals surface area contributed by atoms with Crippen LogP contribution < -0.4 is 20.1 Å². The summed E-state index contributed by atoms with van der Waals surface area (Å²) in [6, 6.07) is 13.8. The lowest BCUT2D eigenvalue weighted by atomic mass is 10.2. The largest absolute Gasteiger partial charge is 0.497 e. The predicted molar refractivity (Wildman–Crippen MR) is 105 cm³/mol. The Morgan fingerprint density at radius 3 is 1.75 bits per heavy atom. The van der Waals surface area contributed by atoms with Crippen LogP contribution >= 0.6 is 0 Å². The molecule has 8 nitrogen and oxygen atoms in total. The summed E-state index contributed by atoms with van der Waals surface area (Å²) in [6.45, 7) is 0. The quantitative estimate of drug-likeness (QED) is 0.686. The van der Waals surface area contributed by atoms with Crippen molar-refractivity contribution >= 4 is 23.2 Å². The van der Waals surface area contributed by atoms with Gasteiger partial charge in [-0.2, -0.15) is 5.10 Å². The molecule has 0 bridgehead atoms. The van der Waals surface area contributed by atoms with E-state index in [1.165, 1.54) is 10.9 Å². The van der Waals surface area contributed by atoms with E-state index >= 15 is 0 Å². The van der Waals surface area contributed by atoms with Gasteiger partial charge in [-0.15, -0.1) is 0 Å². The van der Waals surface area contributed by atoms with Gasteiger partial charge in [-0.05, 0) is 48.5 Å². The van der Waals surface area contributed by atoms with Gasteiger partial charge >= 0.3 is 0 Å². The average Bonchev–Trinajstić information content (AvgIpc) is 3.11. The second-order valence-corrected chi connectivity index (χ2v) is 5.93. The standard InChI is InChI=1S/C20H20N4O4/c1-24-12-17(19(25)21-13-4-8-15(27-2)9-5-13)18(23-24)20(26)22-14-6-10-16(28-3)11-7-14/h4-12H,1-3H3,(H,21,25)(H,22,26). The van der Waals surface area contributed by atoms with Gasteiger partial charge in [0, 0.05) is 24.6 Å². The Labute approximate surface area is 162 Å². The first-order chi connectivity index (χ1) is 13.5. The molecule has 0 aliphatic carbocycles. The Balaban J connectivity index is 1.76. The Morgan fingerprint density at radius 2 is 1.29 bits per heavy atom. The first-order valence-electron chi connectivity index (χ1n) is 8.44. The average molecular weight is 380 g/mol. The van der Waals surface area contributed by atoms with Crippen LogP contribution in [0.25, 0.3) is 0 Å². The number of hydrogen-bond acceptors (Lipinski definition) is 5. The third kappa shape index (κ3) is 4.29. The molecule has 3 aromatic rings. The molecule has 8 heteroatoms. The van der Waals surface area contributed by atoms with Crippen LogP contribution in [0.1, 0.15) is 20.8 Å². The van der Waals surface area contributed by atoms with Crippen molar-refractivity contribution < 1.29 is 19.1 Å². The molecular weight excluding hydrogens is 360 g/mol. The lowest BCUT2D eigenvalue weighted by Gasteiger charge is -2.08. The van der Waals surface area contributed by atoms with Crippen LogP contribution in [0.4, 0.5) is 11.4 Å². The minimum atomic E-state index is -0.481. The van der Waals surface area contributed by atoms with Crippen molar-refractivity contribution in [3.05, 3.63) is 66.0 Å². The van der Waals surface area contributed by atoms with Crippen molar-refractivity contribution in [2.75, 3.05) is 24.9 Å². The molecule has 0 aliphatic heterocycles. The topological polar surface area (TPSA) is 94.5 Å². The smallest absolute Gasteiger partial charge is 0.276 e. The van der Waals surface area contributed by atoms with Crippen LogP contribution in [0.2, 0.25) is 0 Å². The molecule has 0 saturated heterocycles. The monoisotopic (exact) mass is 380 g/mol. The van der Waals surface area contributed by atoms with Gasteiger partial charge in [0.2, 0.25) is 0 Å². The molecule has 0 radical (unpaired) electrons. The van der Waals surface area contributed by atoms with Crippen molar-refractivity contribution in [2.45, 2.75) is 0 Å². The second-order valence-electron chi connectivity index (χ2n) is 5.93. The van der Waals surface area contributed by atoms with Crippen molar-refractivity contribution in [1.29, 1.82) is 0 Å². The zero-order chi connectivity index (χ0) is 20.1. The molecule has 0 saturated carbocycles. The minimum absolute atomic E-state index is 0.0318. The Bertz CT molecular complexity index is 899. The number of anilines is 2. The minimum Gasteiger partial charge on any atom is -0.497 e. The summed E-state index contributed by atoms with van der Waals surface area (Å²) in [7, 11) is 4.78. The molecule has 0 aliphatic rings. The van der Waals surface area contributed by atoms with Gasteiger partial charge in [-0.1, -0.05) is 0 Å². The SMILES string of the molecule is COc1ccc(NC(=O)c2cn(C)nc2C(=O)Nc2ccc(OC)cc2)cc1. The molecule has 2 amide bonds. The first-order valence-corrected chi connectivity index (χ1v) is 8.44. The zero-order valence-electron chi connectivity index (χ0n) is 15.7. The van der Waals surface area contributed by atoms with Crippen LogP contribution in [0.15, 0.2) is 54.7 Å². The van der Waals surface area contributed by atoms with E-state index in [1.54, 1.807) is 69.8 Å². The van der Waals surface area contributed by atoms with Gasteiger partial charge in [0.15, 0.2) is 5.69 Å². The maximum absolute atomic E-state index is 12.7. The van der Waals surface area contributed by atoms with Gasteiger partial charge < -0.3 is 20.1 Å². The number of carbonyl (C=O) groups excluding carboxylic acids is 2. The molecule has 144 valence electrons. The van der Waals surface area contributed by atoms with E-state index in [0.29, 0.717) is 22.9 Å². The summed E-state index contributed by atoms with van der Waals surface area (Å²) in [6.07, 6.45) is 1.50. The Kier molecular flexibility index (Phi) is 5.59. The summed E-state index contributed by atoms with van der Waals surface area (Å²) in [5.74, 6) is 0.443. The van der Waals surface area contributed by atoms with E-state index in [-0.39, 0.29) is 11.3 Å². The molecule has 0 spiro atoms. The normalized spacial score (nSPS) is 10.2. The van der Waals surface area contributed by atoms with Crippen molar-refractivity contribution in [3.63, 3.8) is 0 Å². The van der Waals surface area contributed by atoms with E-state index in [1.807, 2.05) is 0 Å². The van der Waals surface area contributed by atoms with Crippen LogP contribution in [-0.4, -0.2) is 35.8 Å². The number of hydrogen-bond donors (Lipinski definition) is 2. The van der Waals surface area contributed by atoms with Gasteiger partial charge in [0.25, 0.3) is 11.8 Å². The highest BCUT2D eigenvalue weighted by Gasteiger charge is 2.22. The van der Waals surface area contributed by atoms with E-state index in [2.05, 4.69) is 15.7 Å². The third-order valence-electron chi connectivity index (χ3n) is 3.98. The zero-order valence-corrected chi connectivity index (χ0v) is 15.7. The Hall–Kier alpha value is -3.81. The fourth-order valence-corrected chi connectivity index (χ4v) is 2.56. The highest BCUT2D eigenvalue weighted by atomic mass is 16.5. The fourth-order valence-electron chi connectivity index (χ4n) is 2.56. The summed E-state index contributed by atoms with van der Waals surface area (Å²) in [5, 5.41) is 9.61. The third-order valence-corrected chi connectivity index (χ3v) is 3.98. The van der Waals surface area contributed by atoms with Crippen LogP contribution in [0.3, 0.4) is 0 Å². The number of ether oxygens (including phenoxy) is 2. The van der Waals surface area contributed by atoms with Gasteiger partial charge in [0.05, 0.1) is 19.8 Å². The molecule has 1 aromatic heterocycles. The van der Waals surface area contributed by atoms with E-state index in [4.69, 9.17) is 9.47 Å². The highest BCUT2D eigenvalue weighted by Crippen LogP contribution is 2.19. The molecule has 0 atom stereocenters. The van der Waals surface area contributed by atoms with Gasteiger partial charge in [-0.25, -0.2) is 0 Å². The number of amides is 2. The molecule has 0 unspecified atom stereocenters. The lowest BCUT2D eigenvalue weighted by Crippen LogP contribution is -2.19. The number of aryl methyl sites for hydroxylation is 1. The molecule has 0 fully saturated rings. The molecule has 3 rings (SSSR count). The molecule has 2 aromatic carbocycles. The summed E-state index contributed by atoms with van der Waals surface area (Å²) in [5.41, 5.74) is 1.35. The first kappa shape index (κ1) is 19.0. The van der Waals surface area contributed by atoms with Crippen LogP contribution in [0.5, 0.6) is 11.5 Å². The number of aromatic nitrogens is 2. The number of rotatable bonds is 6. The summed E-state index contributed by atoms with van der Waals surface area (Å²) >= 11 is 0. The summed E-state index contributed by atoms with van der Waals surface area (Å²) < 4.78 is 11.6. The number of carbonyl (C=O) groups is 2. The van der Waals surface area contributed by atoms with Gasteiger partial charge in [-0.3, -0.25) is 14.3 Å². The van der Waals surface area contributed by atoms with Gasteiger partial charge in [0.1, 0.15) is 11.5 Å². The fraction of sp³-hybridized carbons (Fsp3) is 0.150. The van der Waals surface area contributed by atoms with E-state index in [0.717, 1.165) is 0 Å². The highest BCUT2D eigenvalue weighted by molar-refractivity contribution is 6.14. The van der Waals surface area contributed by atoms with Crippen LogP contribution in [0, 0.1) is 0 Å². The molecule has 1 heterocycles. The van der Waals surface area contributed by atoms with E-state index < -0.39 is 11.8 Å². The number of benzene rings is 2. The number of methoxy groups -OCH3 is 2.